The molecule has 0 bridgehead atoms. The summed E-state index contributed by atoms with van der Waals surface area (Å²) in [7, 11) is 1.51. The van der Waals surface area contributed by atoms with Crippen molar-refractivity contribution in [1.29, 1.82) is 0 Å². The van der Waals surface area contributed by atoms with Gasteiger partial charge in [-0.2, -0.15) is 13.2 Å². The Kier molecular flexibility index (Phi) is 5.79. The van der Waals surface area contributed by atoms with Gasteiger partial charge in [-0.25, -0.2) is 9.69 Å². The van der Waals surface area contributed by atoms with E-state index in [2.05, 4.69) is 0 Å². The minimum Gasteiger partial charge on any atom is -0.497 e. The van der Waals surface area contributed by atoms with Gasteiger partial charge in [0.05, 0.1) is 19.3 Å². The number of methoxy groups -OCH3 is 1. The topological polar surface area (TPSA) is 49.9 Å². The Hall–Kier alpha value is -3.78. The standard InChI is InChI=1S/C27H20ClF3N2O3/c1-36-21-10-7-17(8-11-21)16-32-23-12-9-20(28)14-22(23)26(27(29,30)31)15-19(18-5-3-2-4-6-18)13-24(34)33(26)25(32)35/h2-14H,15-16H2,1H3/t26-/m1/s1. The fourth-order valence-electron chi connectivity index (χ4n) is 4.86. The van der Waals surface area contributed by atoms with Gasteiger partial charge < -0.3 is 4.74 Å². The minimum atomic E-state index is -4.97. The van der Waals surface area contributed by atoms with E-state index in [0.717, 1.165) is 6.08 Å². The van der Waals surface area contributed by atoms with E-state index in [1.165, 1.54) is 30.2 Å². The predicted molar refractivity (Wildman–Crippen MR) is 130 cm³/mol. The molecule has 0 unspecified atom stereocenters. The van der Waals surface area contributed by atoms with Crippen LogP contribution in [0.2, 0.25) is 5.02 Å². The number of anilines is 1. The highest BCUT2D eigenvalue weighted by Crippen LogP contribution is 2.57. The number of hydrogen-bond acceptors (Lipinski definition) is 3. The summed E-state index contributed by atoms with van der Waals surface area (Å²) in [5, 5.41) is 0.0688. The van der Waals surface area contributed by atoms with Gasteiger partial charge >= 0.3 is 12.2 Å². The molecule has 0 fully saturated rings. The number of fused-ring (bicyclic) bond motifs is 3. The summed E-state index contributed by atoms with van der Waals surface area (Å²) >= 11 is 6.18. The monoisotopic (exact) mass is 512 g/mol. The molecule has 0 saturated heterocycles. The number of urea groups is 1. The van der Waals surface area contributed by atoms with Gasteiger partial charge in [-0.3, -0.25) is 9.69 Å². The van der Waals surface area contributed by atoms with Crippen molar-refractivity contribution >= 4 is 34.8 Å². The van der Waals surface area contributed by atoms with Crippen molar-refractivity contribution in [3.05, 3.63) is 101 Å². The molecular weight excluding hydrogens is 493 g/mol. The Labute approximate surface area is 210 Å². The number of ether oxygens (including phenoxy) is 1. The van der Waals surface area contributed by atoms with Crippen LogP contribution in [-0.2, 0) is 16.9 Å². The van der Waals surface area contributed by atoms with Gasteiger partial charge in [-0.1, -0.05) is 54.1 Å². The van der Waals surface area contributed by atoms with E-state index in [4.69, 9.17) is 16.3 Å². The molecule has 184 valence electrons. The first-order valence-electron chi connectivity index (χ1n) is 11.1. The molecule has 0 radical (unpaired) electrons. The first-order chi connectivity index (χ1) is 17.2. The second-order valence-corrected chi connectivity index (χ2v) is 9.06. The van der Waals surface area contributed by atoms with Crippen LogP contribution in [0.5, 0.6) is 5.75 Å². The lowest BCUT2D eigenvalue weighted by Gasteiger charge is -2.52. The Balaban J connectivity index is 1.70. The summed E-state index contributed by atoms with van der Waals surface area (Å²) in [4.78, 5) is 28.5. The van der Waals surface area contributed by atoms with Crippen molar-refractivity contribution in [3.63, 3.8) is 0 Å². The van der Waals surface area contributed by atoms with E-state index >= 15 is 13.2 Å². The van der Waals surface area contributed by atoms with E-state index in [-0.39, 0.29) is 28.4 Å². The molecule has 0 aliphatic carbocycles. The molecule has 2 aliphatic rings. The van der Waals surface area contributed by atoms with Gasteiger partial charge in [0, 0.05) is 23.1 Å². The second-order valence-electron chi connectivity index (χ2n) is 8.62. The fourth-order valence-corrected chi connectivity index (χ4v) is 5.04. The SMILES string of the molecule is COc1ccc(CN2C(=O)N3C(=O)C=C(c4ccccc4)C[C@]3(C(F)(F)F)c3cc(Cl)ccc32)cc1. The molecule has 5 rings (SSSR count). The number of benzene rings is 3. The maximum Gasteiger partial charge on any atom is 0.416 e. The summed E-state index contributed by atoms with van der Waals surface area (Å²) in [6.07, 6.45) is -4.49. The lowest BCUT2D eigenvalue weighted by molar-refractivity contribution is -0.227. The molecule has 5 nitrogen and oxygen atoms in total. The third-order valence-corrected chi connectivity index (χ3v) is 6.81. The van der Waals surface area contributed by atoms with E-state index in [9.17, 15) is 9.59 Å². The number of nitrogens with zero attached hydrogens (tertiary/aromatic N) is 2. The fraction of sp³-hybridized carbons (Fsp3) is 0.185. The Morgan fingerprint density at radius 3 is 2.33 bits per heavy atom. The molecule has 3 amide bonds. The van der Waals surface area contributed by atoms with Crippen LogP contribution in [-0.4, -0.2) is 30.1 Å². The minimum absolute atomic E-state index is 0.0512. The highest BCUT2D eigenvalue weighted by Gasteiger charge is 2.67. The molecule has 0 saturated carbocycles. The van der Waals surface area contributed by atoms with E-state index in [1.54, 1.807) is 54.6 Å². The molecule has 1 atom stereocenters. The molecule has 3 aromatic carbocycles. The zero-order chi connectivity index (χ0) is 25.7. The van der Waals surface area contributed by atoms with Crippen LogP contribution in [0.4, 0.5) is 23.7 Å². The maximum atomic E-state index is 15.1. The molecule has 3 aromatic rings. The number of hydrogen-bond donors (Lipinski definition) is 0. The highest BCUT2D eigenvalue weighted by molar-refractivity contribution is 6.31. The molecule has 0 N–H and O–H groups in total. The lowest BCUT2D eigenvalue weighted by Crippen LogP contribution is -2.67. The Bertz CT molecular complexity index is 1370. The van der Waals surface area contributed by atoms with Gasteiger partial charge in [0.1, 0.15) is 5.75 Å². The van der Waals surface area contributed by atoms with E-state index < -0.39 is 30.1 Å². The zero-order valence-corrected chi connectivity index (χ0v) is 19.8. The number of halogens is 4. The van der Waals surface area contributed by atoms with Crippen LogP contribution in [0.15, 0.2) is 78.9 Å². The van der Waals surface area contributed by atoms with Crippen LogP contribution in [0.25, 0.3) is 5.57 Å². The van der Waals surface area contributed by atoms with Crippen LogP contribution >= 0.6 is 11.6 Å². The van der Waals surface area contributed by atoms with Gasteiger partial charge in [0.15, 0.2) is 5.54 Å². The van der Waals surface area contributed by atoms with Crippen molar-refractivity contribution in [2.45, 2.75) is 24.7 Å². The molecule has 0 spiro atoms. The smallest absolute Gasteiger partial charge is 0.416 e. The Morgan fingerprint density at radius 2 is 1.69 bits per heavy atom. The van der Waals surface area contributed by atoms with Crippen LogP contribution < -0.4 is 9.64 Å². The number of imide groups is 1. The molecule has 0 aromatic heterocycles. The first-order valence-corrected chi connectivity index (χ1v) is 11.4. The number of carbonyl (C=O) groups is 2. The highest BCUT2D eigenvalue weighted by atomic mass is 35.5. The van der Waals surface area contributed by atoms with Crippen molar-refractivity contribution in [1.82, 2.24) is 4.90 Å². The van der Waals surface area contributed by atoms with Gasteiger partial charge in [-0.05, 0) is 47.0 Å². The largest absolute Gasteiger partial charge is 0.497 e. The molecule has 2 heterocycles. The van der Waals surface area contributed by atoms with Crippen molar-refractivity contribution in [2.75, 3.05) is 12.0 Å². The average molecular weight is 513 g/mol. The maximum absolute atomic E-state index is 15.1. The van der Waals surface area contributed by atoms with Gasteiger partial charge in [0.2, 0.25) is 0 Å². The number of carbonyl (C=O) groups excluding carboxylic acids is 2. The summed E-state index contributed by atoms with van der Waals surface area (Å²) in [6, 6.07) is 18.1. The molecule has 36 heavy (non-hydrogen) atoms. The van der Waals surface area contributed by atoms with E-state index in [1.807, 2.05) is 0 Å². The summed E-state index contributed by atoms with van der Waals surface area (Å²) in [5.41, 5.74) is -1.78. The summed E-state index contributed by atoms with van der Waals surface area (Å²) < 4.78 is 50.5. The Morgan fingerprint density at radius 1 is 1.00 bits per heavy atom. The normalized spacial score (nSPS) is 19.5. The number of alkyl halides is 3. The first kappa shape index (κ1) is 23.9. The number of amides is 3. The lowest BCUT2D eigenvalue weighted by atomic mass is 9.75. The van der Waals surface area contributed by atoms with Crippen molar-refractivity contribution in [3.8, 4) is 5.75 Å². The average Bonchev–Trinajstić information content (AvgIpc) is 2.86. The third-order valence-electron chi connectivity index (χ3n) is 6.58. The predicted octanol–water partition coefficient (Wildman–Crippen LogP) is 6.56. The van der Waals surface area contributed by atoms with Gasteiger partial charge in [-0.15, -0.1) is 0 Å². The molecule has 9 heteroatoms. The van der Waals surface area contributed by atoms with Gasteiger partial charge in [0.25, 0.3) is 5.91 Å². The van der Waals surface area contributed by atoms with Crippen LogP contribution in [0.1, 0.15) is 23.1 Å². The van der Waals surface area contributed by atoms with E-state index in [0.29, 0.717) is 21.8 Å². The van der Waals surface area contributed by atoms with Crippen LogP contribution in [0, 0.1) is 0 Å². The quantitative estimate of drug-likeness (QED) is 0.397. The number of rotatable bonds is 4. The zero-order valence-electron chi connectivity index (χ0n) is 19.1. The van der Waals surface area contributed by atoms with Crippen molar-refractivity contribution in [2.24, 2.45) is 0 Å². The molecule has 2 aliphatic heterocycles. The van der Waals surface area contributed by atoms with Crippen molar-refractivity contribution < 1.29 is 27.5 Å². The third kappa shape index (κ3) is 3.73. The summed E-state index contributed by atoms with van der Waals surface area (Å²) in [6.45, 7) is -0.0512. The molecular formula is C27H20ClF3N2O3. The summed E-state index contributed by atoms with van der Waals surface area (Å²) in [5.74, 6) is -0.440. The van der Waals surface area contributed by atoms with Crippen LogP contribution in [0.3, 0.4) is 0 Å². The second kappa shape index (κ2) is 8.71.